The Morgan fingerprint density at radius 1 is 0.844 bits per heavy atom. The molecule has 7 nitrogen and oxygen atoms in total. The summed E-state index contributed by atoms with van der Waals surface area (Å²) in [5.41, 5.74) is 1.41. The second-order valence-electron chi connectivity index (χ2n) is 10.3. The maximum atomic E-state index is 12.7. The van der Waals surface area contributed by atoms with E-state index in [-0.39, 0.29) is 64.6 Å². The summed E-state index contributed by atoms with van der Waals surface area (Å²) in [5.74, 6) is -1.77. The summed E-state index contributed by atoms with van der Waals surface area (Å²) in [6, 6.07) is 21.3. The summed E-state index contributed by atoms with van der Waals surface area (Å²) in [5, 5.41) is 22.8. The van der Waals surface area contributed by atoms with Crippen molar-refractivity contribution in [1.82, 2.24) is 5.32 Å². The molecule has 5 rings (SSSR count). The number of carbonyl (C=O) groups excluding carboxylic acids is 3. The lowest BCUT2D eigenvalue weighted by molar-refractivity contribution is -0.137. The summed E-state index contributed by atoms with van der Waals surface area (Å²) in [7, 11) is 0. The molecule has 0 saturated carbocycles. The van der Waals surface area contributed by atoms with Crippen molar-refractivity contribution >= 4 is 29.9 Å². The molecule has 45 heavy (non-hydrogen) atoms. The number of fused-ring (bicyclic) bond motifs is 2. The molecule has 11 heteroatoms. The fourth-order valence-electron chi connectivity index (χ4n) is 4.83. The third-order valence-electron chi connectivity index (χ3n) is 6.88. The van der Waals surface area contributed by atoms with Crippen LogP contribution in [-0.2, 0) is 17.3 Å². The number of carbonyl (C=O) groups is 3. The minimum atomic E-state index is -4.34. The first-order chi connectivity index (χ1) is 20.9. The lowest BCUT2D eigenvalue weighted by Gasteiger charge is -2.19. The van der Waals surface area contributed by atoms with Gasteiger partial charge in [0.05, 0.1) is 22.3 Å². The van der Waals surface area contributed by atoms with Gasteiger partial charge in [-0.15, -0.1) is 12.4 Å². The lowest BCUT2D eigenvalue weighted by atomic mass is 9.82. The second-order valence-corrected chi connectivity index (χ2v) is 10.3. The molecule has 0 aliphatic heterocycles. The van der Waals surface area contributed by atoms with Gasteiger partial charge in [-0.05, 0) is 67.8 Å². The number of ketones is 2. The zero-order chi connectivity index (χ0) is 32.0. The summed E-state index contributed by atoms with van der Waals surface area (Å²) in [4.78, 5) is 36.4. The number of esters is 1. The van der Waals surface area contributed by atoms with Gasteiger partial charge in [0.2, 0.25) is 5.78 Å². The van der Waals surface area contributed by atoms with Crippen LogP contribution >= 0.6 is 12.4 Å². The van der Waals surface area contributed by atoms with Crippen molar-refractivity contribution in [3.63, 3.8) is 0 Å². The lowest BCUT2D eigenvalue weighted by Crippen LogP contribution is -2.31. The molecular weight excluding hydrogens is 611 g/mol. The Bertz CT molecular complexity index is 1690. The van der Waals surface area contributed by atoms with Crippen molar-refractivity contribution in [2.45, 2.75) is 32.5 Å². The molecular formula is C34H31ClF3NO6. The van der Waals surface area contributed by atoms with E-state index in [9.17, 15) is 37.8 Å². The molecule has 0 radical (unpaired) electrons. The van der Waals surface area contributed by atoms with E-state index in [2.05, 4.69) is 5.32 Å². The molecule has 0 aromatic heterocycles. The van der Waals surface area contributed by atoms with E-state index in [1.807, 2.05) is 13.0 Å². The van der Waals surface area contributed by atoms with Crippen molar-refractivity contribution in [2.24, 2.45) is 0 Å². The van der Waals surface area contributed by atoms with Crippen molar-refractivity contribution in [3.8, 4) is 11.5 Å². The zero-order valence-corrected chi connectivity index (χ0v) is 25.2. The Balaban J connectivity index is 0.000000248. The van der Waals surface area contributed by atoms with E-state index in [0.29, 0.717) is 29.7 Å². The van der Waals surface area contributed by atoms with Crippen LogP contribution in [0.3, 0.4) is 0 Å². The largest absolute Gasteiger partial charge is 0.507 e. The van der Waals surface area contributed by atoms with Gasteiger partial charge in [-0.3, -0.25) is 9.59 Å². The van der Waals surface area contributed by atoms with Crippen LogP contribution in [0.2, 0.25) is 0 Å². The molecule has 0 saturated heterocycles. The van der Waals surface area contributed by atoms with Gasteiger partial charge in [-0.25, -0.2) is 4.79 Å². The number of benzene rings is 4. The Kier molecular flexibility index (Phi) is 11.5. The number of phenolic OH excluding ortho intramolecular Hbond substituents is 2. The van der Waals surface area contributed by atoms with Gasteiger partial charge in [-0.2, -0.15) is 13.2 Å². The SMILES string of the molecule is CC(Cc1cccc(C(F)(F)F)c1)NCCOC(=O)c1ccccc1.Cc1cc(O)c2c(c1)C(=O)c1cccc(O)c1C2=O.Cl. The number of hydrogen-bond acceptors (Lipinski definition) is 7. The minimum Gasteiger partial charge on any atom is -0.507 e. The summed E-state index contributed by atoms with van der Waals surface area (Å²) >= 11 is 0. The number of aromatic hydroxyl groups is 2. The van der Waals surface area contributed by atoms with Gasteiger partial charge >= 0.3 is 12.1 Å². The van der Waals surface area contributed by atoms with Gasteiger partial charge in [0, 0.05) is 23.7 Å². The zero-order valence-electron chi connectivity index (χ0n) is 24.4. The Morgan fingerprint density at radius 2 is 1.51 bits per heavy atom. The standard InChI is InChI=1S/C19H20F3NO2.C15H10O4.ClH/c1-14(12-15-6-5-9-17(13-15)19(20,21)22)23-10-11-25-18(24)16-7-3-2-4-8-16;1-7-5-9-13(11(17)6-7)15(19)12-8(14(9)18)3-2-4-10(12)16;/h2-9,13-14,23H,10-12H2,1H3;2-6,16-17H,1H3;1H. The predicted octanol–water partition coefficient (Wildman–Crippen LogP) is 6.69. The van der Waals surface area contributed by atoms with Gasteiger partial charge in [0.15, 0.2) is 5.78 Å². The molecule has 236 valence electrons. The van der Waals surface area contributed by atoms with E-state index < -0.39 is 23.5 Å². The van der Waals surface area contributed by atoms with Crippen molar-refractivity contribution in [2.75, 3.05) is 13.2 Å². The molecule has 0 heterocycles. The molecule has 4 aromatic rings. The van der Waals surface area contributed by atoms with Gasteiger partial charge in [-0.1, -0.05) is 48.5 Å². The van der Waals surface area contributed by atoms with Crippen LogP contribution in [0.5, 0.6) is 11.5 Å². The highest BCUT2D eigenvalue weighted by Gasteiger charge is 2.34. The summed E-state index contributed by atoms with van der Waals surface area (Å²) < 4.78 is 43.3. The van der Waals surface area contributed by atoms with E-state index in [4.69, 9.17) is 4.74 Å². The molecule has 4 aromatic carbocycles. The fourth-order valence-corrected chi connectivity index (χ4v) is 4.83. The molecule has 0 bridgehead atoms. The maximum Gasteiger partial charge on any atom is 0.416 e. The molecule has 1 atom stereocenters. The van der Waals surface area contributed by atoms with E-state index in [1.165, 1.54) is 30.3 Å². The number of aryl methyl sites for hydroxylation is 1. The number of rotatable bonds is 7. The van der Waals surface area contributed by atoms with Crippen LogP contribution in [-0.4, -0.2) is 46.9 Å². The van der Waals surface area contributed by atoms with Crippen LogP contribution in [0.1, 0.15) is 65.8 Å². The minimum absolute atomic E-state index is 0. The van der Waals surface area contributed by atoms with E-state index in [0.717, 1.165) is 12.1 Å². The van der Waals surface area contributed by atoms with Gasteiger partial charge in [0.1, 0.15) is 18.1 Å². The maximum absolute atomic E-state index is 12.7. The summed E-state index contributed by atoms with van der Waals surface area (Å²) in [6.45, 7) is 4.23. The van der Waals surface area contributed by atoms with Crippen molar-refractivity contribution in [3.05, 3.63) is 129 Å². The van der Waals surface area contributed by atoms with Crippen LogP contribution < -0.4 is 5.32 Å². The normalized spacial score (nSPS) is 12.6. The third-order valence-corrected chi connectivity index (χ3v) is 6.88. The molecule has 0 spiro atoms. The van der Waals surface area contributed by atoms with Crippen molar-refractivity contribution < 1.29 is 42.5 Å². The third kappa shape index (κ3) is 8.49. The highest BCUT2D eigenvalue weighted by Crippen LogP contribution is 2.37. The number of alkyl halides is 3. The number of phenols is 2. The van der Waals surface area contributed by atoms with Crippen LogP contribution in [0.4, 0.5) is 13.2 Å². The quantitative estimate of drug-likeness (QED) is 0.134. The Morgan fingerprint density at radius 3 is 2.20 bits per heavy atom. The predicted molar refractivity (Wildman–Crippen MR) is 164 cm³/mol. The second kappa shape index (κ2) is 14.9. The van der Waals surface area contributed by atoms with E-state index in [1.54, 1.807) is 43.3 Å². The number of nitrogens with one attached hydrogen (secondary N) is 1. The first-order valence-corrected chi connectivity index (χ1v) is 13.7. The highest BCUT2D eigenvalue weighted by atomic mass is 35.5. The molecule has 3 N–H and O–H groups in total. The smallest absolute Gasteiger partial charge is 0.416 e. The Labute approximate surface area is 264 Å². The first-order valence-electron chi connectivity index (χ1n) is 13.7. The fraction of sp³-hybridized carbons (Fsp3) is 0.206. The topological polar surface area (TPSA) is 113 Å². The van der Waals surface area contributed by atoms with Crippen molar-refractivity contribution in [1.29, 1.82) is 0 Å². The molecule has 1 aliphatic rings. The van der Waals surface area contributed by atoms with Crippen LogP contribution in [0.15, 0.2) is 84.9 Å². The first kappa shape index (κ1) is 34.8. The molecule has 0 fully saturated rings. The number of halogens is 4. The number of ether oxygens (including phenoxy) is 1. The summed E-state index contributed by atoms with van der Waals surface area (Å²) in [6.07, 6.45) is -3.88. The Hall–Kier alpha value is -4.67. The van der Waals surface area contributed by atoms with E-state index >= 15 is 0 Å². The molecule has 1 aliphatic carbocycles. The van der Waals surface area contributed by atoms with Crippen LogP contribution in [0.25, 0.3) is 0 Å². The average Bonchev–Trinajstić information content (AvgIpc) is 2.98. The molecule has 0 amide bonds. The molecule has 1 unspecified atom stereocenters. The number of hydrogen-bond donors (Lipinski definition) is 3. The monoisotopic (exact) mass is 641 g/mol. The highest BCUT2D eigenvalue weighted by molar-refractivity contribution is 6.30. The van der Waals surface area contributed by atoms with Gasteiger partial charge in [0.25, 0.3) is 0 Å². The van der Waals surface area contributed by atoms with Crippen LogP contribution in [0, 0.1) is 6.92 Å². The average molecular weight is 642 g/mol. The van der Waals surface area contributed by atoms with Gasteiger partial charge < -0.3 is 20.3 Å².